The van der Waals surface area contributed by atoms with Crippen molar-refractivity contribution in [1.82, 2.24) is 4.90 Å². The van der Waals surface area contributed by atoms with Crippen LogP contribution in [-0.4, -0.2) is 53.0 Å². The fourth-order valence-electron chi connectivity index (χ4n) is 2.28. The van der Waals surface area contributed by atoms with Crippen molar-refractivity contribution in [3.8, 4) is 0 Å². The van der Waals surface area contributed by atoms with E-state index in [1.807, 2.05) is 13.2 Å². The minimum absolute atomic E-state index is 0.111. The molecule has 1 aliphatic rings. The van der Waals surface area contributed by atoms with Gasteiger partial charge in [-0.15, -0.1) is 0 Å². The molecule has 0 aliphatic carbocycles. The molecule has 0 spiro atoms. The van der Waals surface area contributed by atoms with Gasteiger partial charge >= 0.3 is 5.97 Å². The SMILES string of the molecule is CCC1(C(=O)O)CCN(C(=O)[C@H](N)CCSC)C1. The molecule has 0 saturated carbocycles. The van der Waals surface area contributed by atoms with Crippen molar-refractivity contribution in [2.45, 2.75) is 32.2 Å². The number of thioether (sulfide) groups is 1. The molecule has 104 valence electrons. The molecule has 1 fully saturated rings. The van der Waals surface area contributed by atoms with Gasteiger partial charge in [0.05, 0.1) is 11.5 Å². The van der Waals surface area contributed by atoms with Crippen molar-refractivity contribution in [2.24, 2.45) is 11.1 Å². The van der Waals surface area contributed by atoms with Crippen LogP contribution in [0.5, 0.6) is 0 Å². The van der Waals surface area contributed by atoms with Crippen LogP contribution >= 0.6 is 11.8 Å². The van der Waals surface area contributed by atoms with E-state index in [1.165, 1.54) is 0 Å². The molecule has 0 aromatic heterocycles. The first kappa shape index (κ1) is 15.3. The number of hydrogen-bond donors (Lipinski definition) is 2. The summed E-state index contributed by atoms with van der Waals surface area (Å²) >= 11 is 1.65. The van der Waals surface area contributed by atoms with E-state index < -0.39 is 17.4 Å². The van der Waals surface area contributed by atoms with Crippen LogP contribution < -0.4 is 5.73 Å². The lowest BCUT2D eigenvalue weighted by molar-refractivity contribution is -0.148. The molecule has 1 rings (SSSR count). The van der Waals surface area contributed by atoms with Gasteiger partial charge in [-0.25, -0.2) is 0 Å². The number of aliphatic carboxylic acids is 1. The highest BCUT2D eigenvalue weighted by Crippen LogP contribution is 2.34. The predicted octanol–water partition coefficient (Wildman–Crippen LogP) is 0.780. The molecule has 6 heteroatoms. The van der Waals surface area contributed by atoms with Crippen molar-refractivity contribution in [2.75, 3.05) is 25.1 Å². The predicted molar refractivity (Wildman–Crippen MR) is 72.5 cm³/mol. The number of carboxylic acids is 1. The quantitative estimate of drug-likeness (QED) is 0.748. The lowest BCUT2D eigenvalue weighted by Gasteiger charge is -2.24. The molecule has 1 aliphatic heterocycles. The summed E-state index contributed by atoms with van der Waals surface area (Å²) in [4.78, 5) is 25.0. The van der Waals surface area contributed by atoms with Crippen LogP contribution in [-0.2, 0) is 9.59 Å². The molecule has 3 N–H and O–H groups in total. The van der Waals surface area contributed by atoms with Crippen LogP contribution in [0.15, 0.2) is 0 Å². The molecule has 0 radical (unpaired) electrons. The van der Waals surface area contributed by atoms with Gasteiger partial charge in [0.15, 0.2) is 0 Å². The molecular formula is C12H22N2O3S. The lowest BCUT2D eigenvalue weighted by Crippen LogP contribution is -2.44. The summed E-state index contributed by atoms with van der Waals surface area (Å²) in [7, 11) is 0. The van der Waals surface area contributed by atoms with E-state index in [1.54, 1.807) is 16.7 Å². The highest BCUT2D eigenvalue weighted by atomic mass is 32.2. The van der Waals surface area contributed by atoms with Crippen LogP contribution in [0.4, 0.5) is 0 Å². The number of carbonyl (C=O) groups is 2. The summed E-state index contributed by atoms with van der Waals surface area (Å²) in [6.07, 6.45) is 3.69. The Morgan fingerprint density at radius 2 is 2.22 bits per heavy atom. The fraction of sp³-hybridized carbons (Fsp3) is 0.833. The van der Waals surface area contributed by atoms with Crippen molar-refractivity contribution in [3.05, 3.63) is 0 Å². The van der Waals surface area contributed by atoms with Crippen LogP contribution in [0.1, 0.15) is 26.2 Å². The first-order chi connectivity index (χ1) is 8.46. The average Bonchev–Trinajstić information content (AvgIpc) is 2.80. The number of carboxylic acid groups (broad SMARTS) is 1. The Bertz CT molecular complexity index is 324. The van der Waals surface area contributed by atoms with Gasteiger partial charge in [-0.1, -0.05) is 6.92 Å². The minimum atomic E-state index is -0.807. The second-order valence-electron chi connectivity index (χ2n) is 4.84. The topological polar surface area (TPSA) is 83.6 Å². The number of carbonyl (C=O) groups excluding carboxylic acids is 1. The number of rotatable bonds is 6. The van der Waals surface area contributed by atoms with E-state index in [0.29, 0.717) is 32.4 Å². The fourth-order valence-corrected chi connectivity index (χ4v) is 2.77. The minimum Gasteiger partial charge on any atom is -0.481 e. The highest BCUT2D eigenvalue weighted by molar-refractivity contribution is 7.98. The summed E-state index contributed by atoms with van der Waals surface area (Å²) in [5.74, 6) is -0.0721. The zero-order chi connectivity index (χ0) is 13.8. The molecular weight excluding hydrogens is 252 g/mol. The summed E-state index contributed by atoms with van der Waals surface area (Å²) in [5.41, 5.74) is 5.07. The Hall–Kier alpha value is -0.750. The Labute approximate surface area is 112 Å². The second kappa shape index (κ2) is 6.43. The van der Waals surface area contributed by atoms with Gasteiger partial charge in [0.2, 0.25) is 5.91 Å². The molecule has 1 saturated heterocycles. The van der Waals surface area contributed by atoms with Crippen molar-refractivity contribution in [1.29, 1.82) is 0 Å². The van der Waals surface area contributed by atoms with E-state index in [2.05, 4.69) is 0 Å². The molecule has 2 atom stereocenters. The maximum Gasteiger partial charge on any atom is 0.311 e. The Kier molecular flexibility index (Phi) is 5.47. The van der Waals surface area contributed by atoms with Crippen LogP contribution in [0.25, 0.3) is 0 Å². The van der Waals surface area contributed by atoms with Gasteiger partial charge in [-0.3, -0.25) is 9.59 Å². The number of amides is 1. The van der Waals surface area contributed by atoms with Gasteiger partial charge in [0.25, 0.3) is 0 Å². The van der Waals surface area contributed by atoms with E-state index in [4.69, 9.17) is 5.73 Å². The summed E-state index contributed by atoms with van der Waals surface area (Å²) < 4.78 is 0. The Morgan fingerprint density at radius 3 is 2.67 bits per heavy atom. The van der Waals surface area contributed by atoms with Gasteiger partial charge in [0, 0.05) is 13.1 Å². The van der Waals surface area contributed by atoms with Crippen LogP contribution in [0.3, 0.4) is 0 Å². The average molecular weight is 274 g/mol. The third-order valence-electron chi connectivity index (χ3n) is 3.75. The molecule has 0 aromatic rings. The van der Waals surface area contributed by atoms with Crippen LogP contribution in [0, 0.1) is 5.41 Å². The first-order valence-electron chi connectivity index (χ1n) is 6.23. The number of likely N-dealkylation sites (tertiary alicyclic amines) is 1. The smallest absolute Gasteiger partial charge is 0.311 e. The molecule has 0 bridgehead atoms. The third kappa shape index (κ3) is 3.17. The first-order valence-corrected chi connectivity index (χ1v) is 7.63. The molecule has 18 heavy (non-hydrogen) atoms. The van der Waals surface area contributed by atoms with Crippen molar-refractivity contribution in [3.63, 3.8) is 0 Å². The Morgan fingerprint density at radius 1 is 1.56 bits per heavy atom. The van der Waals surface area contributed by atoms with Gasteiger partial charge in [0.1, 0.15) is 0 Å². The van der Waals surface area contributed by atoms with E-state index in [-0.39, 0.29) is 5.91 Å². The maximum atomic E-state index is 12.1. The zero-order valence-corrected chi connectivity index (χ0v) is 11.8. The molecule has 0 aromatic carbocycles. The van der Waals surface area contributed by atoms with Crippen molar-refractivity contribution >= 4 is 23.6 Å². The lowest BCUT2D eigenvalue weighted by atomic mass is 9.84. The Balaban J connectivity index is 2.60. The van der Waals surface area contributed by atoms with Gasteiger partial charge in [-0.05, 0) is 31.3 Å². The largest absolute Gasteiger partial charge is 0.481 e. The third-order valence-corrected chi connectivity index (χ3v) is 4.39. The van der Waals surface area contributed by atoms with Gasteiger partial charge in [-0.2, -0.15) is 11.8 Å². The highest BCUT2D eigenvalue weighted by Gasteiger charge is 2.45. The van der Waals surface area contributed by atoms with Crippen LogP contribution in [0.2, 0.25) is 0 Å². The van der Waals surface area contributed by atoms with Crippen molar-refractivity contribution < 1.29 is 14.7 Å². The maximum absolute atomic E-state index is 12.1. The summed E-state index contributed by atoms with van der Waals surface area (Å²) in [5, 5.41) is 9.27. The monoisotopic (exact) mass is 274 g/mol. The second-order valence-corrected chi connectivity index (χ2v) is 5.82. The van der Waals surface area contributed by atoms with Gasteiger partial charge < -0.3 is 15.7 Å². The summed E-state index contributed by atoms with van der Waals surface area (Å²) in [6.45, 7) is 2.66. The normalized spacial score (nSPS) is 25.2. The molecule has 5 nitrogen and oxygen atoms in total. The van der Waals surface area contributed by atoms with E-state index in [0.717, 1.165) is 5.75 Å². The van der Waals surface area contributed by atoms with E-state index >= 15 is 0 Å². The zero-order valence-electron chi connectivity index (χ0n) is 11.0. The number of hydrogen-bond acceptors (Lipinski definition) is 4. The molecule has 1 unspecified atom stereocenters. The standard InChI is InChI=1S/C12H22N2O3S/c1-3-12(11(16)17)5-6-14(8-12)10(15)9(13)4-7-18-2/h9H,3-8,13H2,1-2H3,(H,16,17)/t9-,12?/m1/s1. The number of nitrogens with two attached hydrogens (primary N) is 1. The summed E-state index contributed by atoms with van der Waals surface area (Å²) in [6, 6.07) is -0.501. The molecule has 1 amide bonds. The number of nitrogens with zero attached hydrogens (tertiary/aromatic N) is 1. The van der Waals surface area contributed by atoms with E-state index in [9.17, 15) is 14.7 Å². The molecule has 1 heterocycles.